The molecule has 10 nitrogen and oxygen atoms in total. The number of rotatable bonds is 8. The molecule has 1 aliphatic rings. The summed E-state index contributed by atoms with van der Waals surface area (Å²) < 4.78 is 94.0. The molecule has 1 aliphatic heterocycles. The van der Waals surface area contributed by atoms with Crippen molar-refractivity contribution in [3.8, 4) is 5.75 Å². The fourth-order valence-corrected chi connectivity index (χ4v) is 6.42. The highest BCUT2D eigenvalue weighted by Crippen LogP contribution is 2.31. The molecule has 3 aromatic carbocycles. The van der Waals surface area contributed by atoms with Gasteiger partial charge in [-0.25, -0.2) is 22.2 Å². The third-order valence-corrected chi connectivity index (χ3v) is 9.40. The van der Waals surface area contributed by atoms with Gasteiger partial charge in [-0.3, -0.25) is 9.78 Å². The van der Waals surface area contributed by atoms with Crippen LogP contribution in [0.15, 0.2) is 77.8 Å². The van der Waals surface area contributed by atoms with Gasteiger partial charge in [0.2, 0.25) is 10.0 Å². The summed E-state index contributed by atoms with van der Waals surface area (Å²) in [6, 6.07) is 13.3. The molecule has 3 N–H and O–H groups in total. The van der Waals surface area contributed by atoms with Crippen LogP contribution in [0.3, 0.4) is 0 Å². The number of fused-ring (bicyclic) bond motifs is 1. The van der Waals surface area contributed by atoms with E-state index in [1.54, 1.807) is 35.2 Å². The topological polar surface area (TPSA) is 139 Å². The number of sulfonamides is 1. The minimum absolute atomic E-state index is 0.0622. The Hall–Kier alpha value is -4.12. The Morgan fingerprint density at radius 3 is 2.28 bits per heavy atom. The summed E-state index contributed by atoms with van der Waals surface area (Å²) in [5, 5.41) is 10.1. The van der Waals surface area contributed by atoms with E-state index in [-0.39, 0.29) is 36.5 Å². The Morgan fingerprint density at radius 1 is 1.04 bits per heavy atom. The second kappa shape index (κ2) is 14.3. The van der Waals surface area contributed by atoms with Crippen LogP contribution < -0.4 is 15.4 Å². The van der Waals surface area contributed by atoms with E-state index in [2.05, 4.69) is 14.7 Å². The van der Waals surface area contributed by atoms with Gasteiger partial charge < -0.3 is 20.5 Å². The van der Waals surface area contributed by atoms with Crippen LogP contribution in [0, 0.1) is 0 Å². The van der Waals surface area contributed by atoms with E-state index in [1.807, 2.05) is 0 Å². The zero-order chi connectivity index (χ0) is 34.6. The molecule has 2 heterocycles. The highest BCUT2D eigenvalue weighted by atomic mass is 35.5. The Morgan fingerprint density at radius 2 is 1.70 bits per heavy atom. The Balaban J connectivity index is 0.000000323. The number of alkyl halides is 5. The van der Waals surface area contributed by atoms with Crippen LogP contribution in [0.1, 0.15) is 24.5 Å². The van der Waals surface area contributed by atoms with E-state index in [0.29, 0.717) is 28.4 Å². The lowest BCUT2D eigenvalue weighted by Gasteiger charge is -2.38. The SMILES string of the molecule is CCC(F)(F)c1ccc(CN)cc1.O=C(O)[C@H]1CN(c2cnc3cccc(Cl)c3n2)CCN1S(=O)(=O)c1ccc(OC(F)(F)F)cc1. The summed E-state index contributed by atoms with van der Waals surface area (Å²) in [5.74, 6) is -4.37. The highest BCUT2D eigenvalue weighted by molar-refractivity contribution is 7.89. The maximum atomic E-state index is 13.1. The Labute approximate surface area is 271 Å². The van der Waals surface area contributed by atoms with Crippen molar-refractivity contribution in [3.63, 3.8) is 0 Å². The molecule has 47 heavy (non-hydrogen) atoms. The first-order chi connectivity index (χ1) is 22.1. The van der Waals surface area contributed by atoms with Crippen LogP contribution in [0.5, 0.6) is 5.75 Å². The summed E-state index contributed by atoms with van der Waals surface area (Å²) in [4.78, 5) is 21.9. The lowest BCUT2D eigenvalue weighted by molar-refractivity contribution is -0.274. The zero-order valence-electron chi connectivity index (χ0n) is 24.7. The van der Waals surface area contributed by atoms with Crippen LogP contribution >= 0.6 is 11.6 Å². The molecule has 0 aliphatic carbocycles. The number of nitrogens with zero attached hydrogens (tertiary/aromatic N) is 4. The van der Waals surface area contributed by atoms with E-state index >= 15 is 0 Å². The fraction of sp³-hybridized carbons (Fsp3) is 0.300. The first-order valence-corrected chi connectivity index (χ1v) is 15.8. The van der Waals surface area contributed by atoms with Crippen molar-refractivity contribution in [3.05, 3.63) is 89.1 Å². The molecule has 0 spiro atoms. The minimum Gasteiger partial charge on any atom is -0.480 e. The number of aliphatic carboxylic acids is 1. The first-order valence-electron chi connectivity index (χ1n) is 14.0. The quantitative estimate of drug-likeness (QED) is 0.219. The van der Waals surface area contributed by atoms with Gasteiger partial charge in [0.15, 0.2) is 0 Å². The number of hydrogen-bond acceptors (Lipinski definition) is 8. The second-order valence-electron chi connectivity index (χ2n) is 10.2. The molecule has 5 rings (SSSR count). The summed E-state index contributed by atoms with van der Waals surface area (Å²) in [6.07, 6.45) is -3.66. The highest BCUT2D eigenvalue weighted by Gasteiger charge is 2.41. The first kappa shape index (κ1) is 35.7. The molecule has 0 bridgehead atoms. The van der Waals surface area contributed by atoms with E-state index in [1.165, 1.54) is 25.3 Å². The third kappa shape index (κ3) is 8.62. The molecule has 1 fully saturated rings. The van der Waals surface area contributed by atoms with Gasteiger partial charge in [0, 0.05) is 38.2 Å². The molecule has 0 unspecified atom stereocenters. The van der Waals surface area contributed by atoms with Crippen molar-refractivity contribution >= 4 is 44.4 Å². The molecule has 1 aromatic heterocycles. The predicted octanol–water partition coefficient (Wildman–Crippen LogP) is 5.79. The number of nitrogens with two attached hydrogens (primary N) is 1. The van der Waals surface area contributed by atoms with E-state index in [0.717, 1.165) is 34.1 Å². The maximum Gasteiger partial charge on any atom is 0.573 e. The van der Waals surface area contributed by atoms with Crippen molar-refractivity contribution in [2.45, 2.75) is 43.1 Å². The smallest absolute Gasteiger partial charge is 0.480 e. The lowest BCUT2D eigenvalue weighted by atomic mass is 10.0. The van der Waals surface area contributed by atoms with E-state index in [9.17, 15) is 40.3 Å². The standard InChI is InChI=1S/C20H16ClF3N4O5S.C10H13F2N/c21-14-2-1-3-15-18(14)26-17(10-25-15)27-8-9-28(16(11-27)19(29)30)34(31,32)13-6-4-12(5-7-13)33-20(22,23)24;1-2-10(11,12)9-5-3-8(7-13)4-6-9/h1-7,10,16H,8-9,11H2,(H,29,30);3-6H,2,7,13H2,1H3/t16-;/m1./s1. The minimum atomic E-state index is -4.93. The molecule has 0 amide bonds. The number of carbonyl (C=O) groups is 1. The molecule has 4 aromatic rings. The number of anilines is 1. The molecule has 1 saturated heterocycles. The number of halogens is 6. The van der Waals surface area contributed by atoms with Crippen LogP contribution in [0.25, 0.3) is 11.0 Å². The summed E-state index contributed by atoms with van der Waals surface area (Å²) >= 11 is 6.17. The molecule has 1 atom stereocenters. The van der Waals surface area contributed by atoms with Gasteiger partial charge in [-0.05, 0) is 42.0 Å². The molecular weight excluding hydrogens is 673 g/mol. The van der Waals surface area contributed by atoms with Gasteiger partial charge in [0.25, 0.3) is 5.92 Å². The van der Waals surface area contributed by atoms with Gasteiger partial charge in [0.05, 0.1) is 21.6 Å². The summed E-state index contributed by atoms with van der Waals surface area (Å²) in [6.45, 7) is 1.52. The third-order valence-electron chi connectivity index (χ3n) is 7.17. The van der Waals surface area contributed by atoms with Crippen LogP contribution in [-0.2, 0) is 27.3 Å². The number of para-hydroxylation sites is 1. The van der Waals surface area contributed by atoms with Crippen molar-refractivity contribution in [2.24, 2.45) is 5.73 Å². The van der Waals surface area contributed by atoms with Gasteiger partial charge in [-0.1, -0.05) is 48.9 Å². The maximum absolute atomic E-state index is 13.1. The van der Waals surface area contributed by atoms with Gasteiger partial charge >= 0.3 is 12.3 Å². The number of piperazine rings is 1. The summed E-state index contributed by atoms with van der Waals surface area (Å²) in [7, 11) is -4.33. The molecular formula is C30H29ClF5N5O5S. The Kier molecular flexibility index (Phi) is 10.9. The molecule has 0 radical (unpaired) electrons. The largest absolute Gasteiger partial charge is 0.573 e. The van der Waals surface area contributed by atoms with Crippen molar-refractivity contribution in [2.75, 3.05) is 24.5 Å². The van der Waals surface area contributed by atoms with Crippen molar-refractivity contribution < 1.29 is 45.0 Å². The normalized spacial score (nSPS) is 16.0. The zero-order valence-corrected chi connectivity index (χ0v) is 26.2. The second-order valence-corrected chi connectivity index (χ2v) is 12.5. The number of carboxylic acids is 1. The number of hydrogen-bond donors (Lipinski definition) is 2. The van der Waals surface area contributed by atoms with Crippen LogP contribution in [-0.4, -0.2) is 65.8 Å². The van der Waals surface area contributed by atoms with Gasteiger partial charge in [-0.2, -0.15) is 4.31 Å². The molecule has 17 heteroatoms. The number of benzene rings is 3. The molecule has 0 saturated carbocycles. The van der Waals surface area contributed by atoms with Crippen molar-refractivity contribution in [1.82, 2.24) is 14.3 Å². The number of aromatic nitrogens is 2. The molecule has 252 valence electrons. The number of carboxylic acid groups (broad SMARTS) is 1. The van der Waals surface area contributed by atoms with Crippen LogP contribution in [0.4, 0.5) is 27.8 Å². The lowest BCUT2D eigenvalue weighted by Crippen LogP contribution is -2.58. The van der Waals surface area contributed by atoms with Gasteiger partial charge in [-0.15, -0.1) is 13.2 Å². The summed E-state index contributed by atoms with van der Waals surface area (Å²) in [5.41, 5.74) is 7.25. The predicted molar refractivity (Wildman–Crippen MR) is 164 cm³/mol. The Bertz CT molecular complexity index is 1810. The fourth-order valence-electron chi connectivity index (χ4n) is 4.64. The average molecular weight is 702 g/mol. The van der Waals surface area contributed by atoms with Gasteiger partial charge in [0.1, 0.15) is 23.1 Å². The number of ether oxygens (including phenoxy) is 1. The van der Waals surface area contributed by atoms with E-state index in [4.69, 9.17) is 17.3 Å². The van der Waals surface area contributed by atoms with E-state index < -0.39 is 40.1 Å². The average Bonchev–Trinajstić information content (AvgIpc) is 3.04. The monoisotopic (exact) mass is 701 g/mol. The van der Waals surface area contributed by atoms with Crippen molar-refractivity contribution in [1.29, 1.82) is 0 Å². The van der Waals surface area contributed by atoms with Crippen LogP contribution in [0.2, 0.25) is 5.02 Å².